The molecule has 0 bridgehead atoms. The molecule has 0 aromatic rings. The number of aliphatic hydroxyl groups is 3. The number of rotatable bonds is 5. The van der Waals surface area contributed by atoms with Crippen molar-refractivity contribution in [1.29, 1.82) is 0 Å². The first-order chi connectivity index (χ1) is 15.4. The Morgan fingerprint density at radius 1 is 1.00 bits per heavy atom. The van der Waals surface area contributed by atoms with E-state index in [-0.39, 0.29) is 57.9 Å². The number of Topliss-reactive ketones (excluding diaryl/α,β-unsaturated/α-hetero) is 1. The molecule has 1 unspecified atom stereocenters. The number of hydrogen-bond donors (Lipinski definition) is 3. The van der Waals surface area contributed by atoms with Gasteiger partial charge >= 0.3 is 0 Å². The third kappa shape index (κ3) is 2.90. The van der Waals surface area contributed by atoms with Crippen LogP contribution in [-0.4, -0.2) is 39.4 Å². The SMILES string of the molecule is CC(C)C(=O)C[C@@H](O)[C@@H](C)[C@H]1CC[C@@]2(C)[C@@H]3CCC4[C@@H](C)[C@@H](O)C[C@H](O)[C@@]45C[C@@]35CC[C@]12C. The Balaban J connectivity index is 1.41. The molecule has 3 N–H and O–H groups in total. The van der Waals surface area contributed by atoms with Crippen LogP contribution in [0.25, 0.3) is 0 Å². The van der Waals surface area contributed by atoms with Gasteiger partial charge in [-0.2, -0.15) is 0 Å². The Kier molecular flexibility index (Phi) is 5.53. The van der Waals surface area contributed by atoms with Crippen LogP contribution in [0.15, 0.2) is 0 Å². The summed E-state index contributed by atoms with van der Waals surface area (Å²) in [4.78, 5) is 12.3. The number of hydrogen-bond acceptors (Lipinski definition) is 4. The van der Waals surface area contributed by atoms with E-state index < -0.39 is 6.10 Å². The number of carbonyl (C=O) groups excluding carboxylic acids is 1. The van der Waals surface area contributed by atoms with Gasteiger partial charge in [0.15, 0.2) is 0 Å². The molecular formula is C29H48O4. The van der Waals surface area contributed by atoms with Gasteiger partial charge in [-0.25, -0.2) is 0 Å². The minimum atomic E-state index is -0.550. The maximum absolute atomic E-state index is 12.3. The first-order valence-corrected chi connectivity index (χ1v) is 13.9. The van der Waals surface area contributed by atoms with Crippen LogP contribution in [0.2, 0.25) is 0 Å². The molecule has 2 spiro atoms. The average molecular weight is 461 g/mol. The Morgan fingerprint density at radius 2 is 1.70 bits per heavy atom. The summed E-state index contributed by atoms with van der Waals surface area (Å²) < 4.78 is 0. The van der Waals surface area contributed by atoms with Crippen LogP contribution >= 0.6 is 0 Å². The molecule has 0 aliphatic heterocycles. The van der Waals surface area contributed by atoms with Crippen LogP contribution in [0.5, 0.6) is 0 Å². The Bertz CT molecular complexity index is 809. The second kappa shape index (κ2) is 7.53. The molecule has 0 radical (unpaired) electrons. The van der Waals surface area contributed by atoms with Crippen molar-refractivity contribution in [2.24, 2.45) is 57.2 Å². The summed E-state index contributed by atoms with van der Waals surface area (Å²) in [6.07, 6.45) is 7.77. The second-order valence-corrected chi connectivity index (χ2v) is 14.0. The van der Waals surface area contributed by atoms with Crippen LogP contribution < -0.4 is 0 Å². The van der Waals surface area contributed by atoms with Crippen molar-refractivity contribution in [3.8, 4) is 0 Å². The van der Waals surface area contributed by atoms with E-state index in [9.17, 15) is 20.1 Å². The summed E-state index contributed by atoms with van der Waals surface area (Å²) >= 11 is 0. The molecule has 5 aliphatic carbocycles. The third-order valence-corrected chi connectivity index (χ3v) is 13.1. The fourth-order valence-electron chi connectivity index (χ4n) is 10.8. The van der Waals surface area contributed by atoms with Crippen LogP contribution in [-0.2, 0) is 4.79 Å². The van der Waals surface area contributed by atoms with Gasteiger partial charge in [-0.15, -0.1) is 0 Å². The molecular weight excluding hydrogens is 412 g/mol. The van der Waals surface area contributed by atoms with Gasteiger partial charge in [-0.05, 0) is 90.8 Å². The predicted octanol–water partition coefficient (Wildman–Crippen LogP) is 4.98. The topological polar surface area (TPSA) is 77.8 Å². The molecule has 4 heteroatoms. The van der Waals surface area contributed by atoms with Gasteiger partial charge < -0.3 is 15.3 Å². The minimum absolute atomic E-state index is 0.0186. The molecule has 5 rings (SSSR count). The van der Waals surface area contributed by atoms with Crippen molar-refractivity contribution >= 4 is 5.78 Å². The molecule has 0 heterocycles. The van der Waals surface area contributed by atoms with Gasteiger partial charge in [0.25, 0.3) is 0 Å². The summed E-state index contributed by atoms with van der Waals surface area (Å²) in [7, 11) is 0. The van der Waals surface area contributed by atoms with Gasteiger partial charge in [0.2, 0.25) is 0 Å². The summed E-state index contributed by atoms with van der Waals surface area (Å²) in [6.45, 7) is 13.3. The van der Waals surface area contributed by atoms with E-state index in [1.807, 2.05) is 13.8 Å². The van der Waals surface area contributed by atoms with Gasteiger partial charge in [0.05, 0.1) is 18.3 Å². The molecule has 12 atom stereocenters. The van der Waals surface area contributed by atoms with E-state index in [2.05, 4.69) is 27.7 Å². The van der Waals surface area contributed by atoms with Crippen LogP contribution in [0, 0.1) is 57.2 Å². The summed E-state index contributed by atoms with van der Waals surface area (Å²) in [5, 5.41) is 33.0. The highest BCUT2D eigenvalue weighted by Crippen LogP contribution is 2.88. The molecule has 0 aromatic heterocycles. The predicted molar refractivity (Wildman–Crippen MR) is 129 cm³/mol. The first-order valence-electron chi connectivity index (χ1n) is 13.9. The molecule has 33 heavy (non-hydrogen) atoms. The van der Waals surface area contributed by atoms with E-state index in [0.29, 0.717) is 30.1 Å². The van der Waals surface area contributed by atoms with E-state index in [4.69, 9.17) is 0 Å². The highest BCUT2D eigenvalue weighted by Gasteiger charge is 2.83. The molecule has 188 valence electrons. The summed E-state index contributed by atoms with van der Waals surface area (Å²) in [6, 6.07) is 0. The van der Waals surface area contributed by atoms with Crippen molar-refractivity contribution in [1.82, 2.24) is 0 Å². The van der Waals surface area contributed by atoms with E-state index in [1.54, 1.807) is 0 Å². The van der Waals surface area contributed by atoms with Crippen molar-refractivity contribution in [3.05, 3.63) is 0 Å². The lowest BCUT2D eigenvalue weighted by Crippen LogP contribution is -2.59. The minimum Gasteiger partial charge on any atom is -0.393 e. The number of ketones is 1. The molecule has 0 aromatic carbocycles. The van der Waals surface area contributed by atoms with Gasteiger partial charge in [0.1, 0.15) is 5.78 Å². The lowest BCUT2D eigenvalue weighted by atomic mass is 9.42. The zero-order valence-corrected chi connectivity index (χ0v) is 21.8. The van der Waals surface area contributed by atoms with Crippen molar-refractivity contribution < 1.29 is 20.1 Å². The summed E-state index contributed by atoms with van der Waals surface area (Å²) in [5.74, 6) is 2.11. The van der Waals surface area contributed by atoms with Crippen LogP contribution in [0.1, 0.15) is 99.3 Å². The Morgan fingerprint density at radius 3 is 2.36 bits per heavy atom. The quantitative estimate of drug-likeness (QED) is 0.541. The number of fused-ring (bicyclic) bond motifs is 2. The van der Waals surface area contributed by atoms with Gasteiger partial charge in [-0.3, -0.25) is 4.79 Å². The Hall–Kier alpha value is -0.450. The molecule has 5 saturated carbocycles. The van der Waals surface area contributed by atoms with Crippen LogP contribution in [0.3, 0.4) is 0 Å². The van der Waals surface area contributed by atoms with E-state index in [0.717, 1.165) is 25.7 Å². The zero-order valence-electron chi connectivity index (χ0n) is 21.8. The summed E-state index contributed by atoms with van der Waals surface area (Å²) in [5.41, 5.74) is 0.680. The monoisotopic (exact) mass is 460 g/mol. The fourth-order valence-corrected chi connectivity index (χ4v) is 10.8. The molecule has 0 saturated heterocycles. The zero-order chi connectivity index (χ0) is 24.1. The largest absolute Gasteiger partial charge is 0.393 e. The lowest BCUT2D eigenvalue weighted by Gasteiger charge is -2.62. The van der Waals surface area contributed by atoms with E-state index >= 15 is 0 Å². The highest BCUT2D eigenvalue weighted by atomic mass is 16.3. The van der Waals surface area contributed by atoms with Crippen LogP contribution in [0.4, 0.5) is 0 Å². The standard InChI is InChI=1S/C29H48O4/c1-16(2)21(30)13-22(31)17(3)19-9-10-27(6)24-8-7-20-18(4)23(32)14-25(33)29(20)15-28(24,29)12-11-26(19,27)5/h16-20,22-25,31-33H,7-15H2,1-6H3/t17-,18+,19+,20?,22+,23-,24-,25-,26+,27-,28-,29+/m0/s1. The normalized spacial score (nSPS) is 54.6. The third-order valence-electron chi connectivity index (χ3n) is 13.1. The Labute approximate surface area is 200 Å². The number of aliphatic hydroxyl groups excluding tert-OH is 3. The smallest absolute Gasteiger partial charge is 0.138 e. The van der Waals surface area contributed by atoms with E-state index in [1.165, 1.54) is 19.3 Å². The first kappa shape index (κ1) is 24.3. The van der Waals surface area contributed by atoms with Crippen molar-refractivity contribution in [2.75, 3.05) is 0 Å². The number of carbonyl (C=O) groups is 1. The highest BCUT2D eigenvalue weighted by molar-refractivity contribution is 5.80. The second-order valence-electron chi connectivity index (χ2n) is 14.0. The molecule has 4 nitrogen and oxygen atoms in total. The van der Waals surface area contributed by atoms with Crippen molar-refractivity contribution in [3.63, 3.8) is 0 Å². The molecule has 0 amide bonds. The maximum atomic E-state index is 12.3. The molecule has 5 aliphatic rings. The van der Waals surface area contributed by atoms with Crippen molar-refractivity contribution in [2.45, 2.75) is 118 Å². The maximum Gasteiger partial charge on any atom is 0.138 e. The fraction of sp³-hybridized carbons (Fsp3) is 0.966. The van der Waals surface area contributed by atoms with Gasteiger partial charge in [-0.1, -0.05) is 41.5 Å². The lowest BCUT2D eigenvalue weighted by molar-refractivity contribution is -0.174. The average Bonchev–Trinajstić information content (AvgIpc) is 3.37. The molecule has 5 fully saturated rings. The van der Waals surface area contributed by atoms with Gasteiger partial charge in [0, 0.05) is 24.2 Å².